The number of anilines is 1. The Bertz CT molecular complexity index is 850. The molecule has 0 bridgehead atoms. The molecule has 0 saturated heterocycles. The third kappa shape index (κ3) is 5.89. The molecule has 6 nitrogen and oxygen atoms in total. The van der Waals surface area contributed by atoms with Crippen molar-refractivity contribution < 1.29 is 13.2 Å². The number of amides is 1. The van der Waals surface area contributed by atoms with Crippen molar-refractivity contribution in [2.75, 3.05) is 32.0 Å². The van der Waals surface area contributed by atoms with E-state index in [-0.39, 0.29) is 17.3 Å². The van der Waals surface area contributed by atoms with Crippen LogP contribution >= 0.6 is 0 Å². The first kappa shape index (κ1) is 21.1. The molecule has 0 unspecified atom stereocenters. The van der Waals surface area contributed by atoms with E-state index in [4.69, 9.17) is 0 Å². The Labute approximate surface area is 161 Å². The van der Waals surface area contributed by atoms with Crippen LogP contribution in [-0.4, -0.2) is 50.2 Å². The van der Waals surface area contributed by atoms with Gasteiger partial charge in [0.15, 0.2) is 0 Å². The van der Waals surface area contributed by atoms with Gasteiger partial charge in [-0.05, 0) is 30.8 Å². The maximum Gasteiger partial charge on any atom is 0.243 e. The lowest BCUT2D eigenvalue weighted by atomic mass is 10.2. The van der Waals surface area contributed by atoms with Crippen LogP contribution in [0.2, 0.25) is 0 Å². The van der Waals surface area contributed by atoms with Crippen molar-refractivity contribution in [3.05, 3.63) is 60.2 Å². The number of carbonyl (C=O) groups is 1. The lowest BCUT2D eigenvalue weighted by molar-refractivity contribution is -0.117. The number of benzene rings is 2. The quantitative estimate of drug-likeness (QED) is 0.716. The van der Waals surface area contributed by atoms with Gasteiger partial charge in [0.05, 0.1) is 11.4 Å². The summed E-state index contributed by atoms with van der Waals surface area (Å²) >= 11 is 0. The maximum absolute atomic E-state index is 12.6. The van der Waals surface area contributed by atoms with Gasteiger partial charge in [-0.2, -0.15) is 4.31 Å². The molecule has 2 aromatic rings. The van der Waals surface area contributed by atoms with Crippen LogP contribution in [0.3, 0.4) is 0 Å². The molecule has 0 heterocycles. The highest BCUT2D eigenvalue weighted by Crippen LogP contribution is 2.19. The second-order valence-electron chi connectivity index (χ2n) is 6.32. The normalized spacial score (nSPS) is 11.7. The second-order valence-corrected chi connectivity index (χ2v) is 8.26. The lowest BCUT2D eigenvalue weighted by Crippen LogP contribution is -2.31. The molecule has 0 spiro atoms. The molecule has 0 fully saturated rings. The zero-order valence-electron chi connectivity index (χ0n) is 16.1. The molecular formula is C20H27N3O3S. The molecule has 27 heavy (non-hydrogen) atoms. The smallest absolute Gasteiger partial charge is 0.243 e. The fraction of sp³-hybridized carbons (Fsp3) is 0.350. The number of carbonyl (C=O) groups excluding carboxylic acids is 1. The van der Waals surface area contributed by atoms with Crippen LogP contribution in [0.15, 0.2) is 59.5 Å². The fourth-order valence-corrected chi connectivity index (χ4v) is 4.35. The van der Waals surface area contributed by atoms with Gasteiger partial charge in [0, 0.05) is 25.3 Å². The standard InChI is InChI=1S/C20H27N3O3S/c1-4-23(5-2)27(25,26)19-13-9-12-18(14-19)21-20(24)16-22(3)15-17-10-7-6-8-11-17/h6-14H,4-5,15-16H2,1-3H3,(H,21,24). The molecule has 0 saturated carbocycles. The van der Waals surface area contributed by atoms with Gasteiger partial charge in [-0.15, -0.1) is 0 Å². The Hall–Kier alpha value is -2.22. The van der Waals surface area contributed by atoms with E-state index in [1.165, 1.54) is 10.4 Å². The van der Waals surface area contributed by atoms with Crippen LogP contribution in [0.25, 0.3) is 0 Å². The van der Waals surface area contributed by atoms with Crippen molar-refractivity contribution in [3.63, 3.8) is 0 Å². The van der Waals surface area contributed by atoms with Gasteiger partial charge in [-0.25, -0.2) is 8.42 Å². The van der Waals surface area contributed by atoms with E-state index in [9.17, 15) is 13.2 Å². The van der Waals surface area contributed by atoms with Gasteiger partial charge in [0.25, 0.3) is 0 Å². The average Bonchev–Trinajstić information content (AvgIpc) is 2.63. The first-order chi connectivity index (χ1) is 12.9. The summed E-state index contributed by atoms with van der Waals surface area (Å²) in [6, 6.07) is 16.3. The van der Waals surface area contributed by atoms with E-state index in [1.807, 2.05) is 42.3 Å². The predicted octanol–water partition coefficient (Wildman–Crippen LogP) is 2.79. The summed E-state index contributed by atoms with van der Waals surface area (Å²) in [6.07, 6.45) is 0. The molecule has 0 aliphatic rings. The zero-order chi connectivity index (χ0) is 19.9. The van der Waals surface area contributed by atoms with E-state index >= 15 is 0 Å². The van der Waals surface area contributed by atoms with Crippen molar-refractivity contribution in [1.82, 2.24) is 9.21 Å². The summed E-state index contributed by atoms with van der Waals surface area (Å²) in [5, 5.41) is 2.78. The topological polar surface area (TPSA) is 69.7 Å². The summed E-state index contributed by atoms with van der Waals surface area (Å²) in [5.74, 6) is -0.189. The van der Waals surface area contributed by atoms with Gasteiger partial charge in [0.2, 0.25) is 15.9 Å². The molecule has 0 aromatic heterocycles. The maximum atomic E-state index is 12.6. The summed E-state index contributed by atoms with van der Waals surface area (Å²) in [7, 11) is -1.68. The Morgan fingerprint density at radius 2 is 1.67 bits per heavy atom. The van der Waals surface area contributed by atoms with Crippen LogP contribution in [0.4, 0.5) is 5.69 Å². The molecule has 2 aromatic carbocycles. The summed E-state index contributed by atoms with van der Waals surface area (Å²) in [4.78, 5) is 14.4. The molecule has 0 aliphatic heterocycles. The lowest BCUT2D eigenvalue weighted by Gasteiger charge is -2.19. The molecule has 2 rings (SSSR count). The molecule has 0 radical (unpaired) electrons. The second kappa shape index (κ2) is 9.64. The number of hydrogen-bond acceptors (Lipinski definition) is 4. The highest BCUT2D eigenvalue weighted by molar-refractivity contribution is 7.89. The van der Waals surface area contributed by atoms with Crippen molar-refractivity contribution >= 4 is 21.6 Å². The van der Waals surface area contributed by atoms with E-state index in [1.54, 1.807) is 32.0 Å². The van der Waals surface area contributed by atoms with Crippen molar-refractivity contribution in [3.8, 4) is 0 Å². The van der Waals surface area contributed by atoms with Crippen LogP contribution in [0.1, 0.15) is 19.4 Å². The largest absolute Gasteiger partial charge is 0.325 e. The Balaban J connectivity index is 2.02. The average molecular weight is 390 g/mol. The van der Waals surface area contributed by atoms with E-state index in [0.29, 0.717) is 25.3 Å². The summed E-state index contributed by atoms with van der Waals surface area (Å²) in [6.45, 7) is 5.27. The van der Waals surface area contributed by atoms with Gasteiger partial charge < -0.3 is 5.32 Å². The fourth-order valence-electron chi connectivity index (χ4n) is 2.84. The monoisotopic (exact) mass is 389 g/mol. The minimum atomic E-state index is -3.55. The molecular weight excluding hydrogens is 362 g/mol. The van der Waals surface area contributed by atoms with Gasteiger partial charge in [0.1, 0.15) is 0 Å². The van der Waals surface area contributed by atoms with E-state index in [0.717, 1.165) is 5.56 Å². The minimum absolute atomic E-state index is 0.182. The Kier molecular flexibility index (Phi) is 7.53. The van der Waals surface area contributed by atoms with Gasteiger partial charge >= 0.3 is 0 Å². The van der Waals surface area contributed by atoms with Gasteiger partial charge in [-0.1, -0.05) is 50.2 Å². The molecule has 1 amide bonds. The number of likely N-dealkylation sites (N-methyl/N-ethyl adjacent to an activating group) is 1. The summed E-state index contributed by atoms with van der Waals surface area (Å²) < 4.78 is 26.6. The van der Waals surface area contributed by atoms with Crippen molar-refractivity contribution in [2.24, 2.45) is 0 Å². The third-order valence-corrected chi connectivity index (χ3v) is 6.22. The first-order valence-electron chi connectivity index (χ1n) is 8.99. The molecule has 0 atom stereocenters. The zero-order valence-corrected chi connectivity index (χ0v) is 16.9. The number of sulfonamides is 1. The van der Waals surface area contributed by atoms with Crippen LogP contribution in [0, 0.1) is 0 Å². The Morgan fingerprint density at radius 1 is 1.00 bits per heavy atom. The van der Waals surface area contributed by atoms with E-state index in [2.05, 4.69) is 5.32 Å². The van der Waals surface area contributed by atoms with E-state index < -0.39 is 10.0 Å². The molecule has 7 heteroatoms. The van der Waals surface area contributed by atoms with Crippen molar-refractivity contribution in [1.29, 1.82) is 0 Å². The minimum Gasteiger partial charge on any atom is -0.325 e. The number of nitrogens with zero attached hydrogens (tertiary/aromatic N) is 2. The summed E-state index contributed by atoms with van der Waals surface area (Å²) in [5.41, 5.74) is 1.60. The molecule has 1 N–H and O–H groups in total. The number of rotatable bonds is 9. The molecule has 146 valence electrons. The van der Waals surface area contributed by atoms with Crippen LogP contribution in [0.5, 0.6) is 0 Å². The first-order valence-corrected chi connectivity index (χ1v) is 10.4. The predicted molar refractivity (Wildman–Crippen MR) is 108 cm³/mol. The van der Waals surface area contributed by atoms with Crippen LogP contribution < -0.4 is 5.32 Å². The van der Waals surface area contributed by atoms with Crippen molar-refractivity contribution in [2.45, 2.75) is 25.3 Å². The Morgan fingerprint density at radius 3 is 2.30 bits per heavy atom. The number of nitrogens with one attached hydrogen (secondary N) is 1. The number of hydrogen-bond donors (Lipinski definition) is 1. The highest BCUT2D eigenvalue weighted by atomic mass is 32.2. The third-order valence-electron chi connectivity index (χ3n) is 4.17. The van der Waals surface area contributed by atoms with Gasteiger partial charge in [-0.3, -0.25) is 9.69 Å². The van der Waals surface area contributed by atoms with Crippen LogP contribution in [-0.2, 0) is 21.4 Å². The highest BCUT2D eigenvalue weighted by Gasteiger charge is 2.21. The SMILES string of the molecule is CCN(CC)S(=O)(=O)c1cccc(NC(=O)CN(C)Cc2ccccc2)c1. The molecule has 0 aliphatic carbocycles.